The number of furan rings is 2. The van der Waals surface area contributed by atoms with E-state index >= 15 is 0 Å². The van der Waals surface area contributed by atoms with Crippen LogP contribution in [0.2, 0.25) is 0 Å². The molecule has 1 aliphatic rings. The monoisotopic (exact) mass is 383 g/mol. The molecule has 1 aliphatic heterocycles. The van der Waals surface area contributed by atoms with Crippen molar-refractivity contribution in [3.63, 3.8) is 0 Å². The van der Waals surface area contributed by atoms with E-state index in [9.17, 15) is 9.90 Å². The normalized spacial score (nSPS) is 17.9. The zero-order valence-electron chi connectivity index (χ0n) is 15.9. The van der Waals surface area contributed by atoms with Crippen LogP contribution in [0.25, 0.3) is 11.0 Å². The van der Waals surface area contributed by atoms with Gasteiger partial charge in [0.15, 0.2) is 5.58 Å². The van der Waals surface area contributed by atoms with Crippen LogP contribution in [0.15, 0.2) is 51.5 Å². The van der Waals surface area contributed by atoms with Crippen molar-refractivity contribution in [1.82, 2.24) is 9.80 Å². The third-order valence-electron chi connectivity index (χ3n) is 5.20. The summed E-state index contributed by atoms with van der Waals surface area (Å²) >= 11 is 0. The lowest BCUT2D eigenvalue weighted by Gasteiger charge is -2.40. The number of piperazine rings is 1. The Bertz CT molecular complexity index is 934. The molecule has 0 aliphatic carbocycles. The smallest absolute Gasteiger partial charge is 0.322 e. The topological polar surface area (TPSA) is 82.1 Å². The summed E-state index contributed by atoms with van der Waals surface area (Å²) in [6.07, 6.45) is 2.27. The fourth-order valence-corrected chi connectivity index (χ4v) is 3.80. The number of fused-ring (bicyclic) bond motifs is 1. The average molecular weight is 383 g/mol. The van der Waals surface area contributed by atoms with E-state index in [4.69, 9.17) is 8.83 Å². The average Bonchev–Trinajstić information content (AvgIpc) is 3.32. The lowest BCUT2D eigenvalue weighted by atomic mass is 10.1. The van der Waals surface area contributed by atoms with Gasteiger partial charge in [-0.3, -0.25) is 4.90 Å². The summed E-state index contributed by atoms with van der Waals surface area (Å²) in [5.74, 6) is 1.70. The highest BCUT2D eigenvalue weighted by molar-refractivity contribution is 5.99. The highest BCUT2D eigenvalue weighted by atomic mass is 16.3. The highest BCUT2D eigenvalue weighted by Crippen LogP contribution is 2.27. The molecule has 4 rings (SSSR count). The summed E-state index contributed by atoms with van der Waals surface area (Å²) in [7, 11) is 0. The van der Waals surface area contributed by atoms with Crippen LogP contribution in [0.4, 0.5) is 10.5 Å². The Morgan fingerprint density at radius 2 is 2.18 bits per heavy atom. The van der Waals surface area contributed by atoms with Crippen molar-refractivity contribution in [2.75, 3.05) is 31.6 Å². The lowest BCUT2D eigenvalue weighted by Crippen LogP contribution is -2.55. The van der Waals surface area contributed by atoms with Gasteiger partial charge in [0.25, 0.3) is 0 Å². The maximum Gasteiger partial charge on any atom is 0.322 e. The van der Waals surface area contributed by atoms with Gasteiger partial charge in [0.2, 0.25) is 0 Å². The number of amides is 2. The molecule has 7 heteroatoms. The Morgan fingerprint density at radius 3 is 2.96 bits per heavy atom. The fourth-order valence-electron chi connectivity index (χ4n) is 3.80. The number of aliphatic hydroxyl groups is 1. The minimum atomic E-state index is -0.151. The predicted octanol–water partition coefficient (Wildman–Crippen LogP) is 3.43. The van der Waals surface area contributed by atoms with E-state index in [1.807, 2.05) is 43.3 Å². The minimum absolute atomic E-state index is 0.0799. The molecule has 2 aromatic heterocycles. The number of rotatable bonds is 5. The number of aryl methyl sites for hydroxylation is 1. The van der Waals surface area contributed by atoms with E-state index in [1.165, 1.54) is 0 Å². The molecule has 2 amide bonds. The number of benzene rings is 1. The number of aliphatic hydroxyl groups excluding tert-OH is 1. The third kappa shape index (κ3) is 3.90. The molecular weight excluding hydrogens is 358 g/mol. The van der Waals surface area contributed by atoms with E-state index < -0.39 is 0 Å². The van der Waals surface area contributed by atoms with Gasteiger partial charge in [-0.2, -0.15) is 0 Å². The first-order chi connectivity index (χ1) is 13.6. The second-order valence-corrected chi connectivity index (χ2v) is 7.17. The maximum atomic E-state index is 12.9. The van der Waals surface area contributed by atoms with E-state index in [-0.39, 0.29) is 18.7 Å². The molecule has 1 saturated heterocycles. The molecule has 0 saturated carbocycles. The van der Waals surface area contributed by atoms with Crippen molar-refractivity contribution >= 4 is 22.7 Å². The largest absolute Gasteiger partial charge is 0.468 e. The quantitative estimate of drug-likeness (QED) is 0.705. The van der Waals surface area contributed by atoms with Crippen LogP contribution in [0, 0.1) is 6.92 Å². The van der Waals surface area contributed by atoms with Gasteiger partial charge in [-0.1, -0.05) is 12.1 Å². The molecule has 148 valence electrons. The van der Waals surface area contributed by atoms with Gasteiger partial charge < -0.3 is 24.2 Å². The predicted molar refractivity (Wildman–Crippen MR) is 106 cm³/mol. The van der Waals surface area contributed by atoms with Crippen molar-refractivity contribution in [1.29, 1.82) is 0 Å². The molecule has 1 atom stereocenters. The second kappa shape index (κ2) is 8.08. The summed E-state index contributed by atoms with van der Waals surface area (Å²) in [5.41, 5.74) is 1.36. The number of hydrogen-bond acceptors (Lipinski definition) is 5. The standard InChI is InChI=1S/C21H25N3O4/c1-15-12-16-4-2-6-19(20(16)28-15)22-21(26)24-9-8-23(17(13-24)7-10-25)14-18-5-3-11-27-18/h2-6,11-12,17,25H,7-10,13-14H2,1H3,(H,22,26)/t17-/m0/s1. The number of urea groups is 1. The number of carbonyl (C=O) groups excluding carboxylic acids is 1. The molecule has 0 unspecified atom stereocenters. The van der Waals surface area contributed by atoms with Gasteiger partial charge in [0.05, 0.1) is 18.5 Å². The second-order valence-electron chi connectivity index (χ2n) is 7.17. The SMILES string of the molecule is Cc1cc2cccc(NC(=O)N3CCN(Cc4ccco4)[C@@H](CCO)C3)c2o1. The molecule has 2 N–H and O–H groups in total. The number of para-hydroxylation sites is 1. The van der Waals surface area contributed by atoms with Gasteiger partial charge in [-0.05, 0) is 37.6 Å². The molecule has 1 aromatic carbocycles. The Labute approximate surface area is 163 Å². The molecule has 0 bridgehead atoms. The van der Waals surface area contributed by atoms with E-state index in [0.717, 1.165) is 23.5 Å². The van der Waals surface area contributed by atoms with E-state index in [1.54, 1.807) is 11.2 Å². The summed E-state index contributed by atoms with van der Waals surface area (Å²) in [6.45, 7) is 4.55. The van der Waals surface area contributed by atoms with Crippen LogP contribution in [-0.2, 0) is 6.54 Å². The fraction of sp³-hybridized carbons (Fsp3) is 0.381. The molecule has 7 nitrogen and oxygen atoms in total. The molecule has 0 radical (unpaired) electrons. The van der Waals surface area contributed by atoms with Crippen LogP contribution in [0.3, 0.4) is 0 Å². The van der Waals surface area contributed by atoms with Crippen LogP contribution >= 0.6 is 0 Å². The van der Waals surface area contributed by atoms with Crippen molar-refractivity contribution in [2.45, 2.75) is 25.9 Å². The molecule has 1 fully saturated rings. The van der Waals surface area contributed by atoms with Crippen molar-refractivity contribution in [3.05, 3.63) is 54.2 Å². The zero-order valence-corrected chi connectivity index (χ0v) is 15.9. The third-order valence-corrected chi connectivity index (χ3v) is 5.20. The van der Waals surface area contributed by atoms with Crippen LogP contribution in [0.5, 0.6) is 0 Å². The van der Waals surface area contributed by atoms with E-state index in [0.29, 0.717) is 37.3 Å². The summed E-state index contributed by atoms with van der Waals surface area (Å²) in [4.78, 5) is 16.9. The number of hydrogen-bond donors (Lipinski definition) is 2. The Kier molecular flexibility index (Phi) is 5.36. The van der Waals surface area contributed by atoms with E-state index in [2.05, 4.69) is 10.2 Å². The number of anilines is 1. The Morgan fingerprint density at radius 1 is 1.29 bits per heavy atom. The summed E-state index contributed by atoms with van der Waals surface area (Å²) in [5, 5.41) is 13.4. The van der Waals surface area contributed by atoms with Crippen molar-refractivity contribution in [3.8, 4) is 0 Å². The summed E-state index contributed by atoms with van der Waals surface area (Å²) in [6, 6.07) is 11.4. The van der Waals surface area contributed by atoms with Crippen molar-refractivity contribution < 1.29 is 18.7 Å². The van der Waals surface area contributed by atoms with Gasteiger partial charge in [0.1, 0.15) is 11.5 Å². The lowest BCUT2D eigenvalue weighted by molar-refractivity contribution is 0.0669. The maximum absolute atomic E-state index is 12.9. The number of nitrogens with one attached hydrogen (secondary N) is 1. The first-order valence-electron chi connectivity index (χ1n) is 9.56. The number of nitrogens with zero attached hydrogens (tertiary/aromatic N) is 2. The van der Waals surface area contributed by atoms with Gasteiger partial charge in [-0.25, -0.2) is 4.79 Å². The molecule has 0 spiro atoms. The zero-order chi connectivity index (χ0) is 19.5. The van der Waals surface area contributed by atoms with Gasteiger partial charge in [-0.15, -0.1) is 0 Å². The Balaban J connectivity index is 1.44. The molecular formula is C21H25N3O4. The molecule has 28 heavy (non-hydrogen) atoms. The minimum Gasteiger partial charge on any atom is -0.468 e. The summed E-state index contributed by atoms with van der Waals surface area (Å²) < 4.78 is 11.2. The van der Waals surface area contributed by atoms with Crippen LogP contribution in [0.1, 0.15) is 17.9 Å². The van der Waals surface area contributed by atoms with Crippen molar-refractivity contribution in [2.24, 2.45) is 0 Å². The van der Waals surface area contributed by atoms with Gasteiger partial charge in [0, 0.05) is 37.7 Å². The van der Waals surface area contributed by atoms with Gasteiger partial charge >= 0.3 is 6.03 Å². The highest BCUT2D eigenvalue weighted by Gasteiger charge is 2.30. The first-order valence-corrected chi connectivity index (χ1v) is 9.56. The first kappa shape index (κ1) is 18.6. The molecule has 3 heterocycles. The van der Waals surface area contributed by atoms with Crippen LogP contribution < -0.4 is 5.32 Å². The van der Waals surface area contributed by atoms with Crippen LogP contribution in [-0.4, -0.2) is 53.2 Å². The number of carbonyl (C=O) groups is 1. The Hall–Kier alpha value is -2.77. The molecule has 3 aromatic rings.